The first-order chi connectivity index (χ1) is 8.14. The number of carbonyl (C=O) groups is 2. The maximum Gasteiger partial charge on any atom is 0.383 e. The molecule has 0 fully saturated rings. The highest BCUT2D eigenvalue weighted by molar-refractivity contribution is 9.09. The highest BCUT2D eigenvalue weighted by Crippen LogP contribution is 2.26. The lowest BCUT2D eigenvalue weighted by atomic mass is 10.2. The van der Waals surface area contributed by atoms with Gasteiger partial charge in [0.1, 0.15) is 5.78 Å². The van der Waals surface area contributed by atoms with Crippen molar-refractivity contribution in [2.75, 3.05) is 11.9 Å². The minimum Gasteiger partial charge on any atom is -0.334 e. The maximum atomic E-state index is 12.9. The predicted molar refractivity (Wildman–Crippen MR) is 61.2 cm³/mol. The number of carbonyl (C=O) groups excluding carboxylic acids is 2. The molecule has 0 aliphatic heterocycles. The number of ketones is 1. The van der Waals surface area contributed by atoms with Gasteiger partial charge in [-0.1, -0.05) is 15.9 Å². The first-order valence-corrected chi connectivity index (χ1v) is 6.31. The Morgan fingerprint density at radius 3 is 2.11 bits per heavy atom. The summed E-state index contributed by atoms with van der Waals surface area (Å²) < 4.78 is 50.0. The quantitative estimate of drug-likeness (QED) is 0.529. The van der Waals surface area contributed by atoms with Gasteiger partial charge in [-0.3, -0.25) is 9.59 Å². The largest absolute Gasteiger partial charge is 0.383 e. The summed E-state index contributed by atoms with van der Waals surface area (Å²) >= 11 is 2.88. The van der Waals surface area contributed by atoms with Crippen molar-refractivity contribution < 1.29 is 27.2 Å². The molecule has 8 heteroatoms. The van der Waals surface area contributed by atoms with Gasteiger partial charge >= 0.3 is 12.3 Å². The second-order valence-corrected chi connectivity index (χ2v) is 4.50. The smallest absolute Gasteiger partial charge is 0.334 e. The molecule has 0 rings (SSSR count). The normalized spacial score (nSPS) is 12.1. The summed E-state index contributed by atoms with van der Waals surface area (Å²) in [6, 6.07) is -0.690. The van der Waals surface area contributed by atoms with Crippen molar-refractivity contribution in [2.24, 2.45) is 0 Å². The topological polar surface area (TPSA) is 37.4 Å². The number of hydrogen-bond acceptors (Lipinski definition) is 2. The number of nitrogens with zero attached hydrogens (tertiary/aromatic N) is 1. The van der Waals surface area contributed by atoms with E-state index in [2.05, 4.69) is 15.9 Å². The van der Waals surface area contributed by atoms with Crippen LogP contribution in [0.3, 0.4) is 0 Å². The van der Waals surface area contributed by atoms with Gasteiger partial charge in [0, 0.05) is 19.0 Å². The Hall–Kier alpha value is -0.660. The van der Waals surface area contributed by atoms with Gasteiger partial charge in [-0.05, 0) is 13.8 Å². The molecular formula is C10H14BrF4NO2. The fourth-order valence-corrected chi connectivity index (χ4v) is 1.47. The molecule has 0 unspecified atom stereocenters. The van der Waals surface area contributed by atoms with Crippen LogP contribution in [0.25, 0.3) is 0 Å². The van der Waals surface area contributed by atoms with Crippen LogP contribution in [0.15, 0.2) is 0 Å². The molecule has 3 nitrogen and oxygen atoms in total. The van der Waals surface area contributed by atoms with Crippen LogP contribution in [0.2, 0.25) is 0 Å². The standard InChI is InChI=1S/C10H14BrF4NO2/c1-6(2)16(4-3-7(17)5-11)9(18)10(14,15)8(12)13/h6,8H,3-5H2,1-2H3. The number of halogens is 5. The number of hydrogen-bond donors (Lipinski definition) is 0. The molecule has 0 atom stereocenters. The second-order valence-electron chi connectivity index (χ2n) is 3.94. The van der Waals surface area contributed by atoms with E-state index in [4.69, 9.17) is 0 Å². The average Bonchev–Trinajstić information content (AvgIpc) is 2.27. The molecule has 0 saturated heterocycles. The third-order valence-electron chi connectivity index (χ3n) is 2.22. The van der Waals surface area contributed by atoms with E-state index >= 15 is 0 Å². The second kappa shape index (κ2) is 7.06. The molecule has 18 heavy (non-hydrogen) atoms. The fourth-order valence-electron chi connectivity index (χ4n) is 1.19. The van der Waals surface area contributed by atoms with Gasteiger partial charge in [-0.15, -0.1) is 0 Å². The van der Waals surface area contributed by atoms with Crippen LogP contribution < -0.4 is 0 Å². The Kier molecular flexibility index (Phi) is 6.80. The maximum absolute atomic E-state index is 12.9. The molecule has 0 aliphatic rings. The third kappa shape index (κ3) is 4.55. The van der Waals surface area contributed by atoms with Crippen LogP contribution in [-0.4, -0.2) is 46.9 Å². The third-order valence-corrected chi connectivity index (χ3v) is 2.85. The Balaban J connectivity index is 4.80. The van der Waals surface area contributed by atoms with Crippen LogP contribution in [0.4, 0.5) is 17.6 Å². The van der Waals surface area contributed by atoms with Crippen molar-refractivity contribution in [1.82, 2.24) is 4.90 Å². The van der Waals surface area contributed by atoms with E-state index in [9.17, 15) is 27.2 Å². The number of amides is 1. The summed E-state index contributed by atoms with van der Waals surface area (Å²) in [6.45, 7) is 2.53. The molecule has 106 valence electrons. The van der Waals surface area contributed by atoms with E-state index in [1.54, 1.807) is 0 Å². The SMILES string of the molecule is CC(C)N(CCC(=O)CBr)C(=O)C(F)(F)C(F)F. The number of alkyl halides is 5. The van der Waals surface area contributed by atoms with Gasteiger partial charge in [0.15, 0.2) is 0 Å². The molecular weight excluding hydrogens is 322 g/mol. The molecule has 0 heterocycles. The molecule has 0 aromatic heterocycles. The first-order valence-electron chi connectivity index (χ1n) is 5.19. The van der Waals surface area contributed by atoms with E-state index in [1.165, 1.54) is 13.8 Å². The zero-order valence-electron chi connectivity index (χ0n) is 9.93. The van der Waals surface area contributed by atoms with Gasteiger partial charge in [0.2, 0.25) is 0 Å². The minimum atomic E-state index is -4.72. The molecule has 0 aromatic carbocycles. The van der Waals surface area contributed by atoms with Crippen LogP contribution in [0, 0.1) is 0 Å². The molecule has 0 saturated carbocycles. The summed E-state index contributed by atoms with van der Waals surface area (Å²) in [6.07, 6.45) is -4.22. The first kappa shape index (κ1) is 17.3. The lowest BCUT2D eigenvalue weighted by Crippen LogP contribution is -2.50. The lowest BCUT2D eigenvalue weighted by Gasteiger charge is -2.29. The van der Waals surface area contributed by atoms with Crippen molar-refractivity contribution in [2.45, 2.75) is 38.7 Å². The Morgan fingerprint density at radius 2 is 1.78 bits per heavy atom. The molecule has 0 aliphatic carbocycles. The number of Topliss-reactive ketones (excluding diaryl/α,β-unsaturated/α-hetero) is 1. The Morgan fingerprint density at radius 1 is 1.28 bits per heavy atom. The van der Waals surface area contributed by atoms with Crippen molar-refractivity contribution in [3.05, 3.63) is 0 Å². The van der Waals surface area contributed by atoms with E-state index in [0.717, 1.165) is 0 Å². The van der Waals surface area contributed by atoms with E-state index in [0.29, 0.717) is 4.90 Å². The average molecular weight is 336 g/mol. The van der Waals surface area contributed by atoms with Crippen LogP contribution in [0.1, 0.15) is 20.3 Å². The van der Waals surface area contributed by atoms with Gasteiger partial charge in [-0.25, -0.2) is 8.78 Å². The molecule has 0 N–H and O–H groups in total. The van der Waals surface area contributed by atoms with Crippen LogP contribution in [0.5, 0.6) is 0 Å². The van der Waals surface area contributed by atoms with Crippen molar-refractivity contribution in [3.8, 4) is 0 Å². The monoisotopic (exact) mass is 335 g/mol. The summed E-state index contributed by atoms with van der Waals surface area (Å²) in [4.78, 5) is 22.9. The molecule has 0 spiro atoms. The Bertz CT molecular complexity index is 310. The summed E-state index contributed by atoms with van der Waals surface area (Å²) in [5.74, 6) is -6.97. The van der Waals surface area contributed by atoms with Crippen molar-refractivity contribution in [1.29, 1.82) is 0 Å². The summed E-state index contributed by atoms with van der Waals surface area (Å²) in [7, 11) is 0. The predicted octanol–water partition coefficient (Wildman–Crippen LogP) is 2.48. The van der Waals surface area contributed by atoms with Gasteiger partial charge in [0.25, 0.3) is 5.91 Å². The minimum absolute atomic E-state index is 0.0262. The van der Waals surface area contributed by atoms with E-state index in [-0.39, 0.29) is 24.1 Å². The highest BCUT2D eigenvalue weighted by Gasteiger charge is 2.51. The van der Waals surface area contributed by atoms with Crippen molar-refractivity contribution in [3.63, 3.8) is 0 Å². The molecule has 0 radical (unpaired) electrons. The van der Waals surface area contributed by atoms with Gasteiger partial charge < -0.3 is 4.90 Å². The number of rotatable bonds is 7. The van der Waals surface area contributed by atoms with Crippen LogP contribution >= 0.6 is 15.9 Å². The zero-order chi connectivity index (χ0) is 14.5. The Labute approximate surface area is 111 Å². The van der Waals surface area contributed by atoms with Crippen molar-refractivity contribution >= 4 is 27.6 Å². The summed E-state index contributed by atoms with van der Waals surface area (Å²) in [5, 5.41) is 0.0262. The fraction of sp³-hybridized carbons (Fsp3) is 0.800. The highest BCUT2D eigenvalue weighted by atomic mass is 79.9. The van der Waals surface area contributed by atoms with Gasteiger partial charge in [-0.2, -0.15) is 8.78 Å². The van der Waals surface area contributed by atoms with Gasteiger partial charge in [0.05, 0.1) is 5.33 Å². The van der Waals surface area contributed by atoms with E-state index < -0.39 is 24.3 Å². The lowest BCUT2D eigenvalue weighted by molar-refractivity contribution is -0.182. The molecule has 0 bridgehead atoms. The molecule has 0 aromatic rings. The van der Waals surface area contributed by atoms with Crippen LogP contribution in [-0.2, 0) is 9.59 Å². The zero-order valence-corrected chi connectivity index (χ0v) is 11.5. The molecule has 1 amide bonds. The summed E-state index contributed by atoms with van der Waals surface area (Å²) in [5.41, 5.74) is 0. The van der Waals surface area contributed by atoms with E-state index in [1.807, 2.05) is 0 Å².